The highest BCUT2D eigenvalue weighted by Gasteiger charge is 2.32. The number of nitrogens with zero attached hydrogens (tertiary/aromatic N) is 2. The number of β-amino-alcohol motifs (C(OH)–C–C–N with tert-alkyl or cyclic N) is 1. The predicted molar refractivity (Wildman–Crippen MR) is 95.2 cm³/mol. The molecule has 1 aromatic heterocycles. The van der Waals surface area contributed by atoms with Crippen molar-refractivity contribution in [2.45, 2.75) is 32.4 Å². The third-order valence-corrected chi connectivity index (χ3v) is 4.97. The molecule has 2 atom stereocenters. The monoisotopic (exact) mass is 377 g/mol. The number of aryl methyl sites for hydroxylation is 2. The molecule has 1 aromatic carbocycles. The molecule has 7 nitrogen and oxygen atoms in total. The Balaban J connectivity index is 1.64. The van der Waals surface area contributed by atoms with E-state index in [-0.39, 0.29) is 18.1 Å². The molecule has 26 heavy (non-hydrogen) atoms. The van der Waals surface area contributed by atoms with E-state index in [1.807, 2.05) is 13.0 Å². The lowest BCUT2D eigenvalue weighted by molar-refractivity contribution is 0.0313. The van der Waals surface area contributed by atoms with E-state index < -0.39 is 18.1 Å². The molecule has 0 bridgehead atoms. The molecular weight excluding hydrogens is 358 g/mol. The lowest BCUT2D eigenvalue weighted by Gasteiger charge is -2.36. The Morgan fingerprint density at radius 3 is 2.81 bits per heavy atom. The van der Waals surface area contributed by atoms with Crippen LogP contribution >= 0.6 is 11.6 Å². The van der Waals surface area contributed by atoms with Gasteiger partial charge in [0.15, 0.2) is 5.69 Å². The predicted octanol–water partition coefficient (Wildman–Crippen LogP) is 1.95. The summed E-state index contributed by atoms with van der Waals surface area (Å²) in [4.78, 5) is 26.4. The van der Waals surface area contributed by atoms with Crippen LogP contribution in [0, 0.1) is 13.8 Å². The summed E-state index contributed by atoms with van der Waals surface area (Å²) in [6, 6.07) is 6.35. The average Bonchev–Trinajstić information content (AvgIpc) is 3.05. The summed E-state index contributed by atoms with van der Waals surface area (Å²) in [5, 5.41) is 17.2. The zero-order valence-corrected chi connectivity index (χ0v) is 15.3. The second-order valence-electron chi connectivity index (χ2n) is 6.45. The van der Waals surface area contributed by atoms with Crippen molar-refractivity contribution in [3.05, 3.63) is 51.9 Å². The molecular formula is C18H20ClN3O4. The van der Waals surface area contributed by atoms with Gasteiger partial charge in [-0.15, -0.1) is 0 Å². The van der Waals surface area contributed by atoms with Gasteiger partial charge in [0.1, 0.15) is 5.76 Å². The minimum atomic E-state index is -0.881. The van der Waals surface area contributed by atoms with E-state index in [1.165, 1.54) is 6.07 Å². The van der Waals surface area contributed by atoms with Gasteiger partial charge >= 0.3 is 0 Å². The van der Waals surface area contributed by atoms with Crippen molar-refractivity contribution in [3.63, 3.8) is 0 Å². The van der Waals surface area contributed by atoms with Crippen molar-refractivity contribution >= 4 is 23.4 Å². The molecule has 8 heteroatoms. The van der Waals surface area contributed by atoms with Gasteiger partial charge in [-0.05, 0) is 31.9 Å². The van der Waals surface area contributed by atoms with Crippen molar-refractivity contribution in [1.29, 1.82) is 0 Å². The van der Waals surface area contributed by atoms with Crippen LogP contribution < -0.4 is 5.32 Å². The number of piperidine rings is 1. The number of benzene rings is 1. The molecule has 0 unspecified atom stereocenters. The van der Waals surface area contributed by atoms with E-state index in [4.69, 9.17) is 16.1 Å². The Bertz CT molecular complexity index is 836. The van der Waals surface area contributed by atoms with Crippen LogP contribution in [0.1, 0.15) is 38.6 Å². The zero-order valence-electron chi connectivity index (χ0n) is 14.5. The number of carbonyl (C=O) groups excluding carboxylic acids is 2. The number of rotatable bonds is 3. The normalized spacial score (nSPS) is 20.1. The fraction of sp³-hybridized carbons (Fsp3) is 0.389. The van der Waals surface area contributed by atoms with Crippen LogP contribution in [0.2, 0.25) is 5.02 Å². The van der Waals surface area contributed by atoms with Crippen molar-refractivity contribution in [2.75, 3.05) is 13.1 Å². The molecule has 2 N–H and O–H groups in total. The minimum absolute atomic E-state index is 0.117. The van der Waals surface area contributed by atoms with E-state index in [1.54, 1.807) is 24.0 Å². The van der Waals surface area contributed by atoms with Crippen molar-refractivity contribution in [3.8, 4) is 0 Å². The number of aromatic nitrogens is 1. The number of carbonyl (C=O) groups is 2. The third kappa shape index (κ3) is 3.73. The smallest absolute Gasteiger partial charge is 0.273 e. The maximum Gasteiger partial charge on any atom is 0.273 e. The average molecular weight is 378 g/mol. The van der Waals surface area contributed by atoms with Crippen LogP contribution in [0.4, 0.5) is 0 Å². The van der Waals surface area contributed by atoms with Gasteiger partial charge in [0.25, 0.3) is 11.8 Å². The molecule has 1 fully saturated rings. The van der Waals surface area contributed by atoms with Gasteiger partial charge in [-0.2, -0.15) is 0 Å². The molecule has 0 saturated carbocycles. The molecule has 2 amide bonds. The molecule has 3 rings (SSSR count). The highest BCUT2D eigenvalue weighted by Crippen LogP contribution is 2.23. The van der Waals surface area contributed by atoms with Crippen LogP contribution in [0.15, 0.2) is 28.8 Å². The van der Waals surface area contributed by atoms with Crippen LogP contribution in [0.3, 0.4) is 0 Å². The maximum absolute atomic E-state index is 12.7. The Kier molecular flexibility index (Phi) is 5.29. The van der Waals surface area contributed by atoms with Gasteiger partial charge in [-0.1, -0.05) is 28.9 Å². The van der Waals surface area contributed by atoms with Crippen molar-refractivity contribution in [1.82, 2.24) is 15.4 Å². The van der Waals surface area contributed by atoms with Crippen molar-refractivity contribution in [2.24, 2.45) is 0 Å². The first-order valence-electron chi connectivity index (χ1n) is 8.33. The minimum Gasteiger partial charge on any atom is -0.389 e. The lowest BCUT2D eigenvalue weighted by atomic mass is 10.00. The van der Waals surface area contributed by atoms with Gasteiger partial charge in [0.05, 0.1) is 22.7 Å². The molecule has 138 valence electrons. The Morgan fingerprint density at radius 2 is 2.15 bits per heavy atom. The second kappa shape index (κ2) is 7.47. The number of aliphatic hydroxyl groups excluding tert-OH is 1. The quantitative estimate of drug-likeness (QED) is 0.852. The SMILES string of the molecule is Cc1cc(C(=O)N[C@@H]2CCN(C(=O)c3cccc(C)c3Cl)C[C@H]2O)no1. The lowest BCUT2D eigenvalue weighted by Crippen LogP contribution is -2.55. The summed E-state index contributed by atoms with van der Waals surface area (Å²) in [5.41, 5.74) is 1.40. The largest absolute Gasteiger partial charge is 0.389 e. The third-order valence-electron chi connectivity index (χ3n) is 4.47. The van der Waals surface area contributed by atoms with E-state index in [9.17, 15) is 14.7 Å². The van der Waals surface area contributed by atoms with Crippen LogP contribution in [0.25, 0.3) is 0 Å². The molecule has 1 aliphatic rings. The van der Waals surface area contributed by atoms with Gasteiger partial charge < -0.3 is 19.8 Å². The Morgan fingerprint density at radius 1 is 1.38 bits per heavy atom. The molecule has 0 radical (unpaired) electrons. The number of nitrogens with one attached hydrogen (secondary N) is 1. The number of hydrogen-bond donors (Lipinski definition) is 2. The summed E-state index contributed by atoms with van der Waals surface area (Å²) in [6.07, 6.45) is -0.452. The molecule has 0 spiro atoms. The topological polar surface area (TPSA) is 95.7 Å². The summed E-state index contributed by atoms with van der Waals surface area (Å²) in [5.74, 6) is -0.104. The summed E-state index contributed by atoms with van der Waals surface area (Å²) < 4.78 is 4.88. The molecule has 0 aliphatic carbocycles. The van der Waals surface area contributed by atoms with Gasteiger partial charge in [0, 0.05) is 19.2 Å². The zero-order chi connectivity index (χ0) is 18.8. The summed E-state index contributed by atoms with van der Waals surface area (Å²) in [6.45, 7) is 4.05. The highest BCUT2D eigenvalue weighted by molar-refractivity contribution is 6.34. The molecule has 2 heterocycles. The number of halogens is 1. The number of amides is 2. The highest BCUT2D eigenvalue weighted by atomic mass is 35.5. The first-order chi connectivity index (χ1) is 12.4. The first kappa shape index (κ1) is 18.4. The number of likely N-dealkylation sites (tertiary alicyclic amines) is 1. The second-order valence-corrected chi connectivity index (χ2v) is 6.82. The van der Waals surface area contributed by atoms with Gasteiger partial charge in [-0.25, -0.2) is 0 Å². The van der Waals surface area contributed by atoms with Crippen molar-refractivity contribution < 1.29 is 19.2 Å². The Labute approximate surface area is 155 Å². The number of aliphatic hydroxyl groups is 1. The van der Waals surface area contributed by atoms with Gasteiger partial charge in [-0.3, -0.25) is 9.59 Å². The summed E-state index contributed by atoms with van der Waals surface area (Å²) in [7, 11) is 0. The van der Waals surface area contributed by atoms with Gasteiger partial charge in [0.2, 0.25) is 0 Å². The standard InChI is InChI=1S/C18H20ClN3O4/c1-10-4-3-5-12(16(10)19)18(25)22-7-6-13(15(23)9-22)20-17(24)14-8-11(2)26-21-14/h3-5,8,13,15,23H,6-7,9H2,1-2H3,(H,20,24)/t13-,15-/m1/s1. The van der Waals surface area contributed by atoms with E-state index in [0.717, 1.165) is 5.56 Å². The maximum atomic E-state index is 12.7. The van der Waals surface area contributed by atoms with E-state index >= 15 is 0 Å². The molecule has 2 aromatic rings. The van der Waals surface area contributed by atoms with Crippen LogP contribution in [-0.4, -0.2) is 52.2 Å². The van der Waals surface area contributed by atoms with Crippen LogP contribution in [0.5, 0.6) is 0 Å². The molecule has 1 aliphatic heterocycles. The summed E-state index contributed by atoms with van der Waals surface area (Å²) >= 11 is 6.23. The number of hydrogen-bond acceptors (Lipinski definition) is 5. The van der Waals surface area contributed by atoms with E-state index in [0.29, 0.717) is 29.3 Å². The van der Waals surface area contributed by atoms with E-state index in [2.05, 4.69) is 10.5 Å². The molecule has 1 saturated heterocycles. The van der Waals surface area contributed by atoms with Crippen LogP contribution in [-0.2, 0) is 0 Å². The fourth-order valence-electron chi connectivity index (χ4n) is 2.98. The first-order valence-corrected chi connectivity index (χ1v) is 8.71. The fourth-order valence-corrected chi connectivity index (χ4v) is 3.19. The Hall–Kier alpha value is -2.38.